The van der Waals surface area contributed by atoms with Gasteiger partial charge in [-0.25, -0.2) is 9.88 Å². The van der Waals surface area contributed by atoms with Gasteiger partial charge in [-0.05, 0) is 19.1 Å². The highest BCUT2D eigenvalue weighted by Gasteiger charge is 2.37. The van der Waals surface area contributed by atoms with Crippen LogP contribution >= 0.6 is 11.3 Å². The Bertz CT molecular complexity index is 626. The molecule has 0 N–H and O–H groups in total. The number of hydrogen-bond acceptors (Lipinski definition) is 4. The normalized spacial score (nSPS) is 14.2. The predicted octanol–water partition coefficient (Wildman–Crippen LogP) is 1.05. The van der Waals surface area contributed by atoms with Gasteiger partial charge in [0.05, 0.1) is 11.1 Å². The minimum Gasteiger partial charge on any atom is -0.268 e. The SMILES string of the molecule is [B]c1nc(N2C(=O)c3ccccc3C2=O)sc1C. The van der Waals surface area contributed by atoms with E-state index in [0.717, 1.165) is 9.78 Å². The molecule has 2 radical (unpaired) electrons. The first-order chi connectivity index (χ1) is 8.59. The van der Waals surface area contributed by atoms with Gasteiger partial charge >= 0.3 is 0 Å². The monoisotopic (exact) mass is 254 g/mol. The Kier molecular flexibility index (Phi) is 2.34. The molecule has 2 aromatic rings. The van der Waals surface area contributed by atoms with Crippen LogP contribution in [0, 0.1) is 6.92 Å². The molecule has 6 heteroatoms. The Labute approximate surface area is 109 Å². The minimum absolute atomic E-state index is 0.330. The van der Waals surface area contributed by atoms with Gasteiger partial charge in [-0.15, -0.1) is 11.3 Å². The fraction of sp³-hybridized carbons (Fsp3) is 0.0833. The van der Waals surface area contributed by atoms with Crippen LogP contribution in [-0.2, 0) is 0 Å². The van der Waals surface area contributed by atoms with Gasteiger partial charge in [0.15, 0.2) is 5.13 Å². The van der Waals surface area contributed by atoms with Crippen molar-refractivity contribution in [3.8, 4) is 0 Å². The van der Waals surface area contributed by atoms with E-state index < -0.39 is 0 Å². The molecule has 1 aromatic heterocycles. The van der Waals surface area contributed by atoms with Crippen LogP contribution in [0.15, 0.2) is 24.3 Å². The maximum absolute atomic E-state index is 12.2. The minimum atomic E-state index is -0.343. The largest absolute Gasteiger partial charge is 0.268 e. The summed E-state index contributed by atoms with van der Waals surface area (Å²) in [5, 5.41) is 0.330. The van der Waals surface area contributed by atoms with Gasteiger partial charge in [-0.1, -0.05) is 12.1 Å². The lowest BCUT2D eigenvalue weighted by atomic mass is 10.0. The van der Waals surface area contributed by atoms with Gasteiger partial charge in [0.25, 0.3) is 11.8 Å². The van der Waals surface area contributed by atoms with Crippen molar-refractivity contribution in [3.05, 3.63) is 40.3 Å². The summed E-state index contributed by atoms with van der Waals surface area (Å²) in [6.45, 7) is 1.80. The molecule has 0 atom stereocenters. The van der Waals surface area contributed by atoms with E-state index in [0.29, 0.717) is 21.9 Å². The molecule has 86 valence electrons. The first kappa shape index (κ1) is 11.2. The van der Waals surface area contributed by atoms with Crippen molar-refractivity contribution in [3.63, 3.8) is 0 Å². The van der Waals surface area contributed by atoms with Crippen molar-refractivity contribution < 1.29 is 9.59 Å². The quantitative estimate of drug-likeness (QED) is 0.564. The third-order valence-corrected chi connectivity index (χ3v) is 3.78. The van der Waals surface area contributed by atoms with Crippen molar-refractivity contribution >= 4 is 41.7 Å². The number of thiazole rings is 1. The maximum atomic E-state index is 12.2. The number of rotatable bonds is 1. The number of imide groups is 1. The number of aryl methyl sites for hydroxylation is 1. The third kappa shape index (κ3) is 1.42. The molecule has 1 aliphatic heterocycles. The lowest BCUT2D eigenvalue weighted by Gasteiger charge is -2.08. The van der Waals surface area contributed by atoms with E-state index in [9.17, 15) is 9.59 Å². The molecular formula is C12H7BN2O2S. The number of amides is 2. The highest BCUT2D eigenvalue weighted by molar-refractivity contribution is 7.17. The van der Waals surface area contributed by atoms with E-state index in [-0.39, 0.29) is 11.8 Å². The van der Waals surface area contributed by atoms with Crippen LogP contribution in [0.2, 0.25) is 0 Å². The number of fused-ring (bicyclic) bond motifs is 1. The summed E-state index contributed by atoms with van der Waals surface area (Å²) in [6.07, 6.45) is 0. The number of hydrogen-bond donors (Lipinski definition) is 0. The topological polar surface area (TPSA) is 50.3 Å². The molecule has 18 heavy (non-hydrogen) atoms. The van der Waals surface area contributed by atoms with Crippen LogP contribution in [-0.4, -0.2) is 24.6 Å². The van der Waals surface area contributed by atoms with Crippen LogP contribution in [0.25, 0.3) is 0 Å². The highest BCUT2D eigenvalue weighted by Crippen LogP contribution is 2.30. The Morgan fingerprint density at radius 3 is 2.17 bits per heavy atom. The second-order valence-corrected chi connectivity index (χ2v) is 5.11. The zero-order valence-corrected chi connectivity index (χ0v) is 10.3. The molecule has 0 bridgehead atoms. The molecule has 0 unspecified atom stereocenters. The van der Waals surface area contributed by atoms with Crippen molar-refractivity contribution in [2.24, 2.45) is 0 Å². The van der Waals surface area contributed by atoms with E-state index in [1.165, 1.54) is 11.3 Å². The molecule has 4 nitrogen and oxygen atoms in total. The van der Waals surface area contributed by atoms with Crippen molar-refractivity contribution in [2.75, 3.05) is 4.90 Å². The van der Waals surface area contributed by atoms with Gasteiger partial charge in [0.1, 0.15) is 7.85 Å². The molecule has 2 amide bonds. The standard InChI is InChI=1S/C12H7BN2O2S/c1-6-9(13)14-12(18-6)15-10(16)7-4-2-3-5-8(7)11(15)17/h2-5H,1H3. The highest BCUT2D eigenvalue weighted by atomic mass is 32.1. The number of anilines is 1. The predicted molar refractivity (Wildman–Crippen MR) is 69.8 cm³/mol. The Balaban J connectivity index is 2.12. The van der Waals surface area contributed by atoms with Gasteiger partial charge < -0.3 is 0 Å². The van der Waals surface area contributed by atoms with Gasteiger partial charge in [0.2, 0.25) is 0 Å². The van der Waals surface area contributed by atoms with Crippen molar-refractivity contribution in [1.82, 2.24) is 4.98 Å². The van der Waals surface area contributed by atoms with E-state index in [4.69, 9.17) is 7.85 Å². The molecule has 1 aromatic carbocycles. The van der Waals surface area contributed by atoms with Crippen LogP contribution in [0.3, 0.4) is 0 Å². The average molecular weight is 254 g/mol. The Morgan fingerprint density at radius 1 is 1.17 bits per heavy atom. The first-order valence-corrected chi connectivity index (χ1v) is 6.12. The molecule has 1 aliphatic rings. The van der Waals surface area contributed by atoms with E-state index >= 15 is 0 Å². The summed E-state index contributed by atoms with van der Waals surface area (Å²) in [4.78, 5) is 30.2. The second kappa shape index (κ2) is 3.78. The molecule has 0 saturated carbocycles. The zero-order chi connectivity index (χ0) is 12.9. The maximum Gasteiger partial charge on any atom is 0.268 e. The Hall–Kier alpha value is -1.95. The van der Waals surface area contributed by atoms with Crippen molar-refractivity contribution in [2.45, 2.75) is 6.92 Å². The number of carbonyl (C=O) groups is 2. The first-order valence-electron chi connectivity index (χ1n) is 5.30. The number of carbonyl (C=O) groups excluding carboxylic acids is 2. The lowest BCUT2D eigenvalue weighted by molar-refractivity contribution is 0.0926. The van der Waals surface area contributed by atoms with Gasteiger partial charge in [-0.3, -0.25) is 9.59 Å². The molecule has 0 aliphatic carbocycles. The molecular weight excluding hydrogens is 247 g/mol. The number of nitrogens with zero attached hydrogens (tertiary/aromatic N) is 2. The fourth-order valence-corrected chi connectivity index (χ4v) is 2.68. The van der Waals surface area contributed by atoms with E-state index in [2.05, 4.69) is 4.98 Å². The summed E-state index contributed by atoms with van der Waals surface area (Å²) in [7, 11) is 5.65. The van der Waals surface area contributed by atoms with Crippen molar-refractivity contribution in [1.29, 1.82) is 0 Å². The fourth-order valence-electron chi connectivity index (χ4n) is 1.85. The van der Waals surface area contributed by atoms with Gasteiger partial charge in [0, 0.05) is 10.5 Å². The second-order valence-electron chi connectivity index (χ2n) is 3.93. The summed E-state index contributed by atoms with van der Waals surface area (Å²) in [5.41, 5.74) is 1.18. The number of aromatic nitrogens is 1. The summed E-state index contributed by atoms with van der Waals surface area (Å²) < 4.78 is 0. The van der Waals surface area contributed by atoms with E-state index in [1.54, 1.807) is 31.2 Å². The van der Waals surface area contributed by atoms with Crippen LogP contribution in [0.5, 0.6) is 0 Å². The zero-order valence-electron chi connectivity index (χ0n) is 9.51. The molecule has 0 saturated heterocycles. The lowest BCUT2D eigenvalue weighted by Crippen LogP contribution is -2.29. The van der Waals surface area contributed by atoms with Crippen LogP contribution in [0.1, 0.15) is 25.6 Å². The number of benzene rings is 1. The molecule has 0 fully saturated rings. The molecule has 0 spiro atoms. The third-order valence-electron chi connectivity index (χ3n) is 2.81. The average Bonchev–Trinajstić information content (AvgIpc) is 2.80. The smallest absolute Gasteiger partial charge is 0.268 e. The van der Waals surface area contributed by atoms with Gasteiger partial charge in [-0.2, -0.15) is 0 Å². The molecule has 2 heterocycles. The molecule has 3 rings (SSSR count). The van der Waals surface area contributed by atoms with Crippen LogP contribution in [0.4, 0.5) is 5.13 Å². The summed E-state index contributed by atoms with van der Waals surface area (Å²) in [5.74, 6) is -0.686. The van der Waals surface area contributed by atoms with Crippen LogP contribution < -0.4 is 10.5 Å². The summed E-state index contributed by atoms with van der Waals surface area (Å²) in [6, 6.07) is 6.74. The Morgan fingerprint density at radius 2 is 1.72 bits per heavy atom. The van der Waals surface area contributed by atoms with E-state index in [1.807, 2.05) is 0 Å². The summed E-state index contributed by atoms with van der Waals surface area (Å²) >= 11 is 1.24.